The lowest BCUT2D eigenvalue weighted by Gasteiger charge is -2.43. The molecule has 3 rings (SSSR count). The Bertz CT molecular complexity index is 407. The van der Waals surface area contributed by atoms with Gasteiger partial charge in [0.15, 0.2) is 0 Å². The van der Waals surface area contributed by atoms with E-state index in [9.17, 15) is 4.39 Å². The summed E-state index contributed by atoms with van der Waals surface area (Å²) < 4.78 is 14.1. The van der Waals surface area contributed by atoms with Gasteiger partial charge in [0, 0.05) is 37.8 Å². The van der Waals surface area contributed by atoms with Gasteiger partial charge in [-0.05, 0) is 24.8 Å². The van der Waals surface area contributed by atoms with Crippen LogP contribution in [0.4, 0.5) is 4.39 Å². The first-order valence-electron chi connectivity index (χ1n) is 7.05. The normalized spacial score (nSPS) is 21.2. The molecule has 1 saturated carbocycles. The van der Waals surface area contributed by atoms with E-state index in [-0.39, 0.29) is 30.6 Å². The summed E-state index contributed by atoms with van der Waals surface area (Å²) in [6.07, 6.45) is 3.81. The number of benzene rings is 1. The van der Waals surface area contributed by atoms with Crippen molar-refractivity contribution in [2.24, 2.45) is 5.92 Å². The van der Waals surface area contributed by atoms with Crippen molar-refractivity contribution >= 4 is 24.8 Å². The summed E-state index contributed by atoms with van der Waals surface area (Å²) in [5.41, 5.74) is 0.907. The van der Waals surface area contributed by atoms with E-state index in [1.165, 1.54) is 19.3 Å². The molecular formula is C15H23Cl2FN2. The van der Waals surface area contributed by atoms with E-state index >= 15 is 0 Å². The van der Waals surface area contributed by atoms with Gasteiger partial charge in [-0.25, -0.2) is 4.39 Å². The van der Waals surface area contributed by atoms with Gasteiger partial charge in [-0.3, -0.25) is 4.90 Å². The highest BCUT2D eigenvalue weighted by molar-refractivity contribution is 5.85. The van der Waals surface area contributed by atoms with Gasteiger partial charge in [-0.1, -0.05) is 24.6 Å². The van der Waals surface area contributed by atoms with Crippen LogP contribution in [0.3, 0.4) is 0 Å². The van der Waals surface area contributed by atoms with Gasteiger partial charge in [-0.15, -0.1) is 24.8 Å². The summed E-state index contributed by atoms with van der Waals surface area (Å²) >= 11 is 0. The van der Waals surface area contributed by atoms with Gasteiger partial charge < -0.3 is 5.32 Å². The van der Waals surface area contributed by atoms with Crippen molar-refractivity contribution < 1.29 is 4.39 Å². The van der Waals surface area contributed by atoms with Crippen LogP contribution in [0.25, 0.3) is 0 Å². The first-order chi connectivity index (χ1) is 8.86. The molecule has 2 aliphatic rings. The molecule has 20 heavy (non-hydrogen) atoms. The van der Waals surface area contributed by atoms with Crippen molar-refractivity contribution in [3.8, 4) is 0 Å². The second kappa shape index (κ2) is 8.18. The van der Waals surface area contributed by atoms with E-state index in [0.717, 1.165) is 31.7 Å². The van der Waals surface area contributed by atoms with E-state index in [0.29, 0.717) is 12.0 Å². The van der Waals surface area contributed by atoms with Gasteiger partial charge >= 0.3 is 0 Å². The van der Waals surface area contributed by atoms with E-state index in [4.69, 9.17) is 0 Å². The first-order valence-corrected chi connectivity index (χ1v) is 7.05. The van der Waals surface area contributed by atoms with Crippen LogP contribution in [0.15, 0.2) is 24.3 Å². The molecule has 1 aliphatic carbocycles. The lowest BCUT2D eigenvalue weighted by Crippen LogP contribution is -2.48. The molecule has 0 aromatic heterocycles. The highest BCUT2D eigenvalue weighted by Crippen LogP contribution is 2.42. The van der Waals surface area contributed by atoms with Crippen molar-refractivity contribution in [2.45, 2.75) is 25.3 Å². The third-order valence-electron chi connectivity index (χ3n) is 4.37. The Morgan fingerprint density at radius 2 is 1.75 bits per heavy atom. The molecule has 0 spiro atoms. The van der Waals surface area contributed by atoms with E-state index in [1.807, 2.05) is 12.1 Å². The zero-order chi connectivity index (χ0) is 12.4. The molecule has 1 aromatic carbocycles. The molecule has 0 amide bonds. The molecular weight excluding hydrogens is 298 g/mol. The summed E-state index contributed by atoms with van der Waals surface area (Å²) in [5.74, 6) is 0.618. The summed E-state index contributed by atoms with van der Waals surface area (Å²) in [5, 5.41) is 3.38. The van der Waals surface area contributed by atoms with Crippen LogP contribution in [-0.2, 0) is 0 Å². The standard InChI is InChI=1S/C15H21FN2.2ClH/c16-14-7-2-1-6-13(14)15(12-4-3-5-12)18-10-8-17-9-11-18;;/h1-2,6-7,12,15,17H,3-5,8-11H2;2*1H/t15-;;/m0../s1. The third kappa shape index (κ3) is 3.64. The maximum absolute atomic E-state index is 14.1. The Morgan fingerprint density at radius 1 is 1.10 bits per heavy atom. The molecule has 0 bridgehead atoms. The summed E-state index contributed by atoms with van der Waals surface area (Å²) in [6.45, 7) is 4.13. The fourth-order valence-electron chi connectivity index (χ4n) is 3.18. The molecule has 1 aromatic rings. The SMILES string of the molecule is Cl.Cl.Fc1ccccc1[C@H](C1CCC1)N1CCNCC1. The predicted molar refractivity (Wildman–Crippen MR) is 85.4 cm³/mol. The molecule has 1 N–H and O–H groups in total. The minimum atomic E-state index is -0.0343. The Hall–Kier alpha value is -0.350. The maximum atomic E-state index is 14.1. The van der Waals surface area contributed by atoms with Crippen molar-refractivity contribution in [3.05, 3.63) is 35.6 Å². The van der Waals surface area contributed by atoms with Gasteiger partial charge in [0.1, 0.15) is 5.82 Å². The second-order valence-electron chi connectivity index (χ2n) is 5.44. The Labute approximate surface area is 132 Å². The summed E-state index contributed by atoms with van der Waals surface area (Å²) in [7, 11) is 0. The molecule has 2 nitrogen and oxygen atoms in total. The number of halogens is 3. The molecule has 0 unspecified atom stereocenters. The number of rotatable bonds is 3. The summed E-state index contributed by atoms with van der Waals surface area (Å²) in [4.78, 5) is 2.47. The fraction of sp³-hybridized carbons (Fsp3) is 0.600. The molecule has 1 aliphatic heterocycles. The molecule has 0 radical (unpaired) electrons. The van der Waals surface area contributed by atoms with Crippen LogP contribution in [0.2, 0.25) is 0 Å². The monoisotopic (exact) mass is 320 g/mol. The quantitative estimate of drug-likeness (QED) is 0.918. The third-order valence-corrected chi connectivity index (χ3v) is 4.37. The number of nitrogens with zero attached hydrogens (tertiary/aromatic N) is 1. The molecule has 5 heteroatoms. The van der Waals surface area contributed by atoms with Crippen LogP contribution in [0.5, 0.6) is 0 Å². The fourth-order valence-corrected chi connectivity index (χ4v) is 3.18. The molecule has 114 valence electrons. The van der Waals surface area contributed by atoms with E-state index in [1.54, 1.807) is 12.1 Å². The number of hydrogen-bond acceptors (Lipinski definition) is 2. The average molecular weight is 321 g/mol. The number of piperazine rings is 1. The van der Waals surface area contributed by atoms with Crippen molar-refractivity contribution in [3.63, 3.8) is 0 Å². The van der Waals surface area contributed by atoms with Crippen molar-refractivity contribution in [2.75, 3.05) is 26.2 Å². The van der Waals surface area contributed by atoms with Crippen LogP contribution >= 0.6 is 24.8 Å². The Kier molecular flexibility index (Phi) is 7.24. The van der Waals surface area contributed by atoms with Gasteiger partial charge in [-0.2, -0.15) is 0 Å². The van der Waals surface area contributed by atoms with E-state index in [2.05, 4.69) is 10.2 Å². The lowest BCUT2D eigenvalue weighted by atomic mass is 9.76. The minimum Gasteiger partial charge on any atom is -0.314 e. The Morgan fingerprint density at radius 3 is 2.30 bits per heavy atom. The van der Waals surface area contributed by atoms with Crippen LogP contribution in [-0.4, -0.2) is 31.1 Å². The number of hydrogen-bond donors (Lipinski definition) is 1. The maximum Gasteiger partial charge on any atom is 0.127 e. The van der Waals surface area contributed by atoms with Gasteiger partial charge in [0.05, 0.1) is 0 Å². The topological polar surface area (TPSA) is 15.3 Å². The Balaban J connectivity index is 0.000001000. The smallest absolute Gasteiger partial charge is 0.127 e. The second-order valence-corrected chi connectivity index (χ2v) is 5.44. The molecule has 1 saturated heterocycles. The highest BCUT2D eigenvalue weighted by Gasteiger charge is 2.34. The summed E-state index contributed by atoms with van der Waals surface area (Å²) in [6, 6.07) is 7.62. The average Bonchev–Trinajstić information content (AvgIpc) is 2.36. The zero-order valence-electron chi connectivity index (χ0n) is 11.6. The highest BCUT2D eigenvalue weighted by atomic mass is 35.5. The van der Waals surface area contributed by atoms with Crippen LogP contribution < -0.4 is 5.32 Å². The molecule has 1 atom stereocenters. The van der Waals surface area contributed by atoms with E-state index < -0.39 is 0 Å². The van der Waals surface area contributed by atoms with Crippen molar-refractivity contribution in [1.29, 1.82) is 0 Å². The minimum absolute atomic E-state index is 0. The largest absolute Gasteiger partial charge is 0.314 e. The predicted octanol–water partition coefficient (Wildman–Crippen LogP) is 3.42. The number of nitrogens with one attached hydrogen (secondary N) is 1. The van der Waals surface area contributed by atoms with Crippen LogP contribution in [0, 0.1) is 11.7 Å². The zero-order valence-corrected chi connectivity index (χ0v) is 13.2. The lowest BCUT2D eigenvalue weighted by molar-refractivity contribution is 0.0812. The van der Waals surface area contributed by atoms with Gasteiger partial charge in [0.2, 0.25) is 0 Å². The van der Waals surface area contributed by atoms with Crippen molar-refractivity contribution in [1.82, 2.24) is 10.2 Å². The molecule has 2 fully saturated rings. The van der Waals surface area contributed by atoms with Gasteiger partial charge in [0.25, 0.3) is 0 Å². The first kappa shape index (κ1) is 17.7. The van der Waals surface area contributed by atoms with Crippen LogP contribution in [0.1, 0.15) is 30.9 Å². The molecule has 1 heterocycles.